The van der Waals surface area contributed by atoms with Crippen LogP contribution in [0.2, 0.25) is 0 Å². The largest absolute Gasteiger partial charge is 0.487 e. The summed E-state index contributed by atoms with van der Waals surface area (Å²) in [4.78, 5) is 11.1. The van der Waals surface area contributed by atoms with E-state index in [1.165, 1.54) is 0 Å². The van der Waals surface area contributed by atoms with Gasteiger partial charge in [-0.2, -0.15) is 4.31 Å². The molecule has 1 aromatic carbocycles. The van der Waals surface area contributed by atoms with Gasteiger partial charge in [0.25, 0.3) is 0 Å². The van der Waals surface area contributed by atoms with Gasteiger partial charge >= 0.3 is 0 Å². The molecule has 2 aliphatic heterocycles. The number of para-hydroxylation sites is 1. The lowest BCUT2D eigenvalue weighted by Gasteiger charge is -2.32. The highest BCUT2D eigenvalue weighted by Crippen LogP contribution is 2.37. The summed E-state index contributed by atoms with van der Waals surface area (Å²) in [5, 5.41) is 0. The fourth-order valence-corrected chi connectivity index (χ4v) is 5.90. The molecule has 7 nitrogen and oxygen atoms in total. The van der Waals surface area contributed by atoms with E-state index in [-0.39, 0.29) is 17.0 Å². The molecule has 156 valence electrons. The first-order valence-electron chi connectivity index (χ1n) is 10.3. The third kappa shape index (κ3) is 4.09. The molecule has 0 saturated carbocycles. The lowest BCUT2D eigenvalue weighted by atomic mass is 10.0. The number of aromatic nitrogens is 2. The average molecular weight is 417 g/mol. The molecule has 2 atom stereocenters. The van der Waals surface area contributed by atoms with Crippen LogP contribution in [0.4, 0.5) is 5.95 Å². The van der Waals surface area contributed by atoms with Crippen LogP contribution in [0.15, 0.2) is 47.6 Å². The molecule has 0 N–H and O–H groups in total. The van der Waals surface area contributed by atoms with Crippen molar-refractivity contribution in [2.45, 2.75) is 50.2 Å². The van der Waals surface area contributed by atoms with Crippen molar-refractivity contribution >= 4 is 16.0 Å². The summed E-state index contributed by atoms with van der Waals surface area (Å²) in [6.07, 6.45) is 5.47. The van der Waals surface area contributed by atoms with E-state index in [9.17, 15) is 8.42 Å². The number of hydrogen-bond donors (Lipinski definition) is 0. The molecule has 0 bridgehead atoms. The molecular weight excluding hydrogens is 388 g/mol. The van der Waals surface area contributed by atoms with E-state index in [1.54, 1.807) is 41.0 Å². The van der Waals surface area contributed by atoms with Gasteiger partial charge in [0, 0.05) is 38.4 Å². The second-order valence-electron chi connectivity index (χ2n) is 8.08. The lowest BCUT2D eigenvalue weighted by Crippen LogP contribution is -2.47. The standard InChI is InChI=1S/C21H28N4O3S/c1-16(2)8-15-25-17-9-13-24(21-22-11-5-12-23-21)14-10-18(17)28-19-6-3-4-7-20(19)29(25,26)27/h3-7,11-12,16-18H,8-10,13-15H2,1-2H3/t17-,18-/m1/s1. The Morgan fingerprint density at radius 3 is 2.59 bits per heavy atom. The van der Waals surface area contributed by atoms with Crippen LogP contribution in [-0.2, 0) is 10.0 Å². The Morgan fingerprint density at radius 2 is 1.83 bits per heavy atom. The molecule has 0 unspecified atom stereocenters. The molecule has 0 amide bonds. The molecule has 4 rings (SSSR count). The van der Waals surface area contributed by atoms with Crippen molar-refractivity contribution in [3.8, 4) is 5.75 Å². The SMILES string of the molecule is CC(C)CCN1[C@@H]2CCN(c3ncccn3)CC[C@H]2Oc2ccccc2S1(=O)=O. The summed E-state index contributed by atoms with van der Waals surface area (Å²) in [6, 6.07) is 8.59. The van der Waals surface area contributed by atoms with E-state index in [0.717, 1.165) is 13.0 Å². The van der Waals surface area contributed by atoms with Crippen molar-refractivity contribution in [3.63, 3.8) is 0 Å². The number of hydrogen-bond acceptors (Lipinski definition) is 6. The molecule has 0 radical (unpaired) electrons. The number of benzene rings is 1. The molecule has 1 aromatic heterocycles. The van der Waals surface area contributed by atoms with Gasteiger partial charge in [-0.1, -0.05) is 26.0 Å². The number of ether oxygens (including phenoxy) is 1. The normalized spacial score (nSPS) is 24.2. The zero-order valence-corrected chi connectivity index (χ0v) is 17.8. The highest BCUT2D eigenvalue weighted by atomic mass is 32.2. The summed E-state index contributed by atoms with van der Waals surface area (Å²) < 4.78 is 35.1. The molecular formula is C21H28N4O3S. The predicted octanol–water partition coefficient (Wildman–Crippen LogP) is 2.94. The maximum atomic E-state index is 13.6. The van der Waals surface area contributed by atoms with Gasteiger partial charge in [0.2, 0.25) is 16.0 Å². The second-order valence-corrected chi connectivity index (χ2v) is 9.94. The van der Waals surface area contributed by atoms with Crippen molar-refractivity contribution in [1.82, 2.24) is 14.3 Å². The number of sulfonamides is 1. The van der Waals surface area contributed by atoms with Gasteiger partial charge in [-0.15, -0.1) is 0 Å². The van der Waals surface area contributed by atoms with Crippen molar-refractivity contribution in [3.05, 3.63) is 42.7 Å². The molecule has 2 aromatic rings. The molecule has 8 heteroatoms. The second kappa shape index (κ2) is 8.28. The van der Waals surface area contributed by atoms with Crippen molar-refractivity contribution in [2.75, 3.05) is 24.5 Å². The van der Waals surface area contributed by atoms with Crippen LogP contribution >= 0.6 is 0 Å². The van der Waals surface area contributed by atoms with Crippen LogP contribution < -0.4 is 9.64 Å². The third-order valence-corrected chi connectivity index (χ3v) is 7.62. The zero-order chi connectivity index (χ0) is 20.4. The van der Waals surface area contributed by atoms with E-state index in [4.69, 9.17) is 4.74 Å². The smallest absolute Gasteiger partial charge is 0.247 e. The average Bonchev–Trinajstić information content (AvgIpc) is 2.96. The van der Waals surface area contributed by atoms with Gasteiger partial charge < -0.3 is 9.64 Å². The number of anilines is 1. The summed E-state index contributed by atoms with van der Waals surface area (Å²) in [5.74, 6) is 1.56. The molecule has 3 heterocycles. The van der Waals surface area contributed by atoms with E-state index in [2.05, 4.69) is 28.7 Å². The Kier molecular flexibility index (Phi) is 5.74. The molecule has 0 spiro atoms. The quantitative estimate of drug-likeness (QED) is 0.763. The van der Waals surface area contributed by atoms with Gasteiger partial charge in [0.05, 0.1) is 6.04 Å². The van der Waals surface area contributed by atoms with Crippen molar-refractivity contribution in [2.24, 2.45) is 5.92 Å². The first kappa shape index (κ1) is 20.1. The van der Waals surface area contributed by atoms with E-state index < -0.39 is 10.0 Å². The highest BCUT2D eigenvalue weighted by molar-refractivity contribution is 7.89. The van der Waals surface area contributed by atoms with Crippen molar-refractivity contribution in [1.29, 1.82) is 0 Å². The van der Waals surface area contributed by atoms with E-state index in [1.807, 2.05) is 6.07 Å². The summed E-state index contributed by atoms with van der Waals surface area (Å²) >= 11 is 0. The maximum Gasteiger partial charge on any atom is 0.247 e. The summed E-state index contributed by atoms with van der Waals surface area (Å²) in [5.41, 5.74) is 0. The Balaban J connectivity index is 1.69. The van der Waals surface area contributed by atoms with Crippen molar-refractivity contribution < 1.29 is 13.2 Å². The maximum absolute atomic E-state index is 13.6. The number of rotatable bonds is 4. The molecule has 1 saturated heterocycles. The molecule has 1 fully saturated rings. The summed E-state index contributed by atoms with van der Waals surface area (Å²) in [7, 11) is -3.63. The van der Waals surface area contributed by atoms with E-state index in [0.29, 0.717) is 43.5 Å². The van der Waals surface area contributed by atoms with Gasteiger partial charge in [-0.3, -0.25) is 0 Å². The monoisotopic (exact) mass is 416 g/mol. The minimum Gasteiger partial charge on any atom is -0.487 e. The minimum atomic E-state index is -3.63. The molecule has 2 aliphatic rings. The fourth-order valence-electron chi connectivity index (χ4n) is 4.08. The predicted molar refractivity (Wildman–Crippen MR) is 111 cm³/mol. The number of fused-ring (bicyclic) bond motifs is 2. The Morgan fingerprint density at radius 1 is 1.10 bits per heavy atom. The van der Waals surface area contributed by atoms with Crippen LogP contribution in [0.1, 0.15) is 33.1 Å². The van der Waals surface area contributed by atoms with Gasteiger partial charge in [-0.25, -0.2) is 18.4 Å². The van der Waals surface area contributed by atoms with Gasteiger partial charge in [-0.05, 0) is 37.0 Å². The first-order chi connectivity index (χ1) is 14.0. The zero-order valence-electron chi connectivity index (χ0n) is 16.9. The topological polar surface area (TPSA) is 75.6 Å². The summed E-state index contributed by atoms with van der Waals surface area (Å²) in [6.45, 7) is 6.16. The highest BCUT2D eigenvalue weighted by Gasteiger charge is 2.43. The Bertz CT molecular complexity index is 936. The molecule has 29 heavy (non-hydrogen) atoms. The Hall–Kier alpha value is -2.19. The number of nitrogens with zero attached hydrogens (tertiary/aromatic N) is 4. The van der Waals surface area contributed by atoms with E-state index >= 15 is 0 Å². The lowest BCUT2D eigenvalue weighted by molar-refractivity contribution is 0.111. The first-order valence-corrected chi connectivity index (χ1v) is 11.7. The third-order valence-electron chi connectivity index (χ3n) is 5.65. The van der Waals surface area contributed by atoms with Gasteiger partial charge in [0.15, 0.2) is 0 Å². The fraction of sp³-hybridized carbons (Fsp3) is 0.524. The molecule has 0 aliphatic carbocycles. The van der Waals surface area contributed by atoms with Crippen LogP contribution in [0.5, 0.6) is 5.75 Å². The van der Waals surface area contributed by atoms with Crippen LogP contribution in [0.3, 0.4) is 0 Å². The van der Waals surface area contributed by atoms with Crippen LogP contribution in [-0.4, -0.2) is 54.5 Å². The van der Waals surface area contributed by atoms with Crippen LogP contribution in [0.25, 0.3) is 0 Å². The Labute approximate surface area is 172 Å². The van der Waals surface area contributed by atoms with Crippen LogP contribution in [0, 0.1) is 5.92 Å². The minimum absolute atomic E-state index is 0.200. The van der Waals surface area contributed by atoms with Gasteiger partial charge in [0.1, 0.15) is 16.7 Å².